The average Bonchev–Trinajstić information content (AvgIpc) is 2.68. The molecular formula is C10H17N3O. The van der Waals surface area contributed by atoms with Crippen LogP contribution >= 0.6 is 0 Å². The molecule has 1 aromatic rings. The highest BCUT2D eigenvalue weighted by molar-refractivity contribution is 5.12. The van der Waals surface area contributed by atoms with E-state index in [1.807, 2.05) is 17.8 Å². The molecule has 0 bridgehead atoms. The van der Waals surface area contributed by atoms with Crippen molar-refractivity contribution >= 4 is 0 Å². The fraction of sp³-hybridized carbons (Fsp3) is 0.700. The Bertz CT molecular complexity index is 279. The molecule has 1 aliphatic heterocycles. The van der Waals surface area contributed by atoms with E-state index in [1.54, 1.807) is 6.20 Å². The fourth-order valence-corrected chi connectivity index (χ4v) is 1.83. The zero-order valence-corrected chi connectivity index (χ0v) is 8.57. The Labute approximate surface area is 84.3 Å². The van der Waals surface area contributed by atoms with E-state index >= 15 is 0 Å². The van der Waals surface area contributed by atoms with Gasteiger partial charge < -0.3 is 10.1 Å². The smallest absolute Gasteiger partial charge is 0.157 e. The second kappa shape index (κ2) is 4.46. The van der Waals surface area contributed by atoms with Crippen molar-refractivity contribution in [2.75, 3.05) is 19.7 Å². The molecule has 1 saturated heterocycles. The van der Waals surface area contributed by atoms with Gasteiger partial charge in [0.05, 0.1) is 25.0 Å². The number of nitrogens with one attached hydrogen (secondary N) is 1. The van der Waals surface area contributed by atoms with Crippen LogP contribution in [0.5, 0.6) is 5.75 Å². The summed E-state index contributed by atoms with van der Waals surface area (Å²) < 4.78 is 7.41. The van der Waals surface area contributed by atoms with Gasteiger partial charge in [0.2, 0.25) is 0 Å². The van der Waals surface area contributed by atoms with Crippen LogP contribution in [-0.2, 0) is 0 Å². The molecule has 0 atom stereocenters. The molecule has 2 heterocycles. The van der Waals surface area contributed by atoms with Gasteiger partial charge in [-0.05, 0) is 32.9 Å². The molecule has 78 valence electrons. The van der Waals surface area contributed by atoms with Crippen molar-refractivity contribution in [3.63, 3.8) is 0 Å². The zero-order chi connectivity index (χ0) is 9.80. The molecule has 0 aliphatic carbocycles. The molecule has 1 aliphatic rings. The van der Waals surface area contributed by atoms with Gasteiger partial charge in [-0.25, -0.2) is 0 Å². The number of nitrogens with zero attached hydrogens (tertiary/aromatic N) is 2. The van der Waals surface area contributed by atoms with Crippen molar-refractivity contribution in [3.05, 3.63) is 12.4 Å². The van der Waals surface area contributed by atoms with Crippen molar-refractivity contribution in [2.24, 2.45) is 0 Å². The minimum absolute atomic E-state index is 0.547. The van der Waals surface area contributed by atoms with Crippen LogP contribution in [0.3, 0.4) is 0 Å². The summed E-state index contributed by atoms with van der Waals surface area (Å²) in [5.74, 6) is 0.881. The summed E-state index contributed by atoms with van der Waals surface area (Å²) in [6, 6.07) is 0.547. The maximum Gasteiger partial charge on any atom is 0.157 e. The van der Waals surface area contributed by atoms with Gasteiger partial charge in [0.1, 0.15) is 0 Å². The van der Waals surface area contributed by atoms with E-state index < -0.39 is 0 Å². The van der Waals surface area contributed by atoms with Crippen molar-refractivity contribution in [2.45, 2.75) is 25.8 Å². The first-order valence-electron chi connectivity index (χ1n) is 5.28. The molecule has 14 heavy (non-hydrogen) atoms. The standard InChI is InChI=1S/C10H17N3O/c1-2-14-10-7-12-13(8-10)9-3-5-11-6-4-9/h7-9,11H,2-6H2,1H3. The molecule has 1 N–H and O–H groups in total. The Morgan fingerprint density at radius 2 is 2.36 bits per heavy atom. The van der Waals surface area contributed by atoms with Crippen molar-refractivity contribution in [1.82, 2.24) is 15.1 Å². The molecule has 0 saturated carbocycles. The highest BCUT2D eigenvalue weighted by Gasteiger charge is 2.15. The van der Waals surface area contributed by atoms with Crippen LogP contribution < -0.4 is 10.1 Å². The Balaban J connectivity index is 2.00. The molecule has 0 spiro atoms. The van der Waals surface area contributed by atoms with Gasteiger partial charge in [0, 0.05) is 0 Å². The van der Waals surface area contributed by atoms with Crippen LogP contribution in [0, 0.1) is 0 Å². The Hall–Kier alpha value is -1.03. The molecule has 4 nitrogen and oxygen atoms in total. The second-order valence-corrected chi connectivity index (χ2v) is 3.57. The van der Waals surface area contributed by atoms with E-state index in [1.165, 1.54) is 0 Å². The molecule has 1 aromatic heterocycles. The molecule has 1 fully saturated rings. The van der Waals surface area contributed by atoms with Gasteiger partial charge >= 0.3 is 0 Å². The van der Waals surface area contributed by atoms with Gasteiger partial charge in [-0.3, -0.25) is 4.68 Å². The van der Waals surface area contributed by atoms with Crippen LogP contribution in [-0.4, -0.2) is 29.5 Å². The minimum atomic E-state index is 0.547. The maximum atomic E-state index is 5.38. The normalized spacial score (nSPS) is 18.4. The number of piperidine rings is 1. The van der Waals surface area contributed by atoms with E-state index in [-0.39, 0.29) is 0 Å². The number of rotatable bonds is 3. The van der Waals surface area contributed by atoms with Crippen LogP contribution in [0.15, 0.2) is 12.4 Å². The molecule has 0 aromatic carbocycles. The summed E-state index contributed by atoms with van der Waals surface area (Å²) in [5.41, 5.74) is 0. The average molecular weight is 195 g/mol. The molecular weight excluding hydrogens is 178 g/mol. The third-order valence-electron chi connectivity index (χ3n) is 2.57. The number of hydrogen-bond acceptors (Lipinski definition) is 3. The lowest BCUT2D eigenvalue weighted by Gasteiger charge is -2.22. The zero-order valence-electron chi connectivity index (χ0n) is 8.57. The third-order valence-corrected chi connectivity index (χ3v) is 2.57. The summed E-state index contributed by atoms with van der Waals surface area (Å²) in [6.45, 7) is 4.88. The molecule has 0 amide bonds. The van der Waals surface area contributed by atoms with Gasteiger partial charge in [0.25, 0.3) is 0 Å². The van der Waals surface area contributed by atoms with Gasteiger partial charge in [-0.2, -0.15) is 5.10 Å². The fourth-order valence-electron chi connectivity index (χ4n) is 1.83. The molecule has 4 heteroatoms. The lowest BCUT2D eigenvalue weighted by Crippen LogP contribution is -2.29. The first-order valence-corrected chi connectivity index (χ1v) is 5.28. The topological polar surface area (TPSA) is 39.1 Å². The van der Waals surface area contributed by atoms with Crippen LogP contribution in [0.25, 0.3) is 0 Å². The van der Waals surface area contributed by atoms with Gasteiger partial charge in [-0.1, -0.05) is 0 Å². The van der Waals surface area contributed by atoms with Gasteiger partial charge in [0.15, 0.2) is 5.75 Å². The minimum Gasteiger partial charge on any atom is -0.491 e. The largest absolute Gasteiger partial charge is 0.491 e. The third kappa shape index (κ3) is 2.07. The van der Waals surface area contributed by atoms with Crippen molar-refractivity contribution in [1.29, 1.82) is 0 Å². The monoisotopic (exact) mass is 195 g/mol. The number of ether oxygens (including phenoxy) is 1. The highest BCUT2D eigenvalue weighted by atomic mass is 16.5. The first kappa shape index (κ1) is 9.52. The maximum absolute atomic E-state index is 5.38. The highest BCUT2D eigenvalue weighted by Crippen LogP contribution is 2.20. The van der Waals surface area contributed by atoms with Crippen molar-refractivity contribution < 1.29 is 4.74 Å². The SMILES string of the molecule is CCOc1cnn(C2CCNCC2)c1. The van der Waals surface area contributed by atoms with Crippen molar-refractivity contribution in [3.8, 4) is 5.75 Å². The summed E-state index contributed by atoms with van der Waals surface area (Å²) in [6.07, 6.45) is 6.12. The summed E-state index contributed by atoms with van der Waals surface area (Å²) >= 11 is 0. The van der Waals surface area contributed by atoms with E-state index in [4.69, 9.17) is 4.74 Å². The summed E-state index contributed by atoms with van der Waals surface area (Å²) in [7, 11) is 0. The summed E-state index contributed by atoms with van der Waals surface area (Å²) in [4.78, 5) is 0. The number of hydrogen-bond donors (Lipinski definition) is 1. The summed E-state index contributed by atoms with van der Waals surface area (Å²) in [5, 5.41) is 7.67. The van der Waals surface area contributed by atoms with Crippen LogP contribution in [0.4, 0.5) is 0 Å². The Morgan fingerprint density at radius 3 is 3.07 bits per heavy atom. The molecule has 0 radical (unpaired) electrons. The Kier molecular flexibility index (Phi) is 3.03. The number of aromatic nitrogens is 2. The molecule has 0 unspecified atom stereocenters. The lowest BCUT2D eigenvalue weighted by molar-refractivity contribution is 0.329. The van der Waals surface area contributed by atoms with Crippen LogP contribution in [0.1, 0.15) is 25.8 Å². The van der Waals surface area contributed by atoms with E-state index in [0.717, 1.165) is 31.7 Å². The van der Waals surface area contributed by atoms with E-state index in [9.17, 15) is 0 Å². The van der Waals surface area contributed by atoms with Crippen LogP contribution in [0.2, 0.25) is 0 Å². The lowest BCUT2D eigenvalue weighted by atomic mass is 10.1. The van der Waals surface area contributed by atoms with Gasteiger partial charge in [-0.15, -0.1) is 0 Å². The quantitative estimate of drug-likeness (QED) is 0.788. The Morgan fingerprint density at radius 1 is 1.57 bits per heavy atom. The predicted octanol–water partition coefficient (Wildman–Crippen LogP) is 1.21. The second-order valence-electron chi connectivity index (χ2n) is 3.57. The first-order chi connectivity index (χ1) is 6.90. The van der Waals surface area contributed by atoms with E-state index in [0.29, 0.717) is 12.6 Å². The van der Waals surface area contributed by atoms with E-state index in [2.05, 4.69) is 10.4 Å². The molecule has 2 rings (SSSR count). The predicted molar refractivity (Wildman–Crippen MR) is 54.5 cm³/mol.